The first-order chi connectivity index (χ1) is 19.8. The lowest BCUT2D eigenvalue weighted by Gasteiger charge is -2.36. The molecule has 0 bridgehead atoms. The van der Waals surface area contributed by atoms with Crippen LogP contribution < -0.4 is 10.5 Å². The smallest absolute Gasteiger partial charge is 0.310 e. The van der Waals surface area contributed by atoms with Gasteiger partial charge in [-0.3, -0.25) is 23.9 Å². The minimum atomic E-state index is -0.334. The van der Waals surface area contributed by atoms with Crippen molar-refractivity contribution in [1.82, 2.24) is 9.47 Å². The van der Waals surface area contributed by atoms with Crippen molar-refractivity contribution in [1.29, 1.82) is 5.26 Å². The second kappa shape index (κ2) is 16.1. The summed E-state index contributed by atoms with van der Waals surface area (Å²) in [7, 11) is 0. The van der Waals surface area contributed by atoms with Crippen molar-refractivity contribution in [2.24, 2.45) is 5.92 Å². The Labute approximate surface area is 254 Å². The Bertz CT molecular complexity index is 1250. The first kappa shape index (κ1) is 32.9. The fourth-order valence-electron chi connectivity index (χ4n) is 5.50. The highest BCUT2D eigenvalue weighted by Crippen LogP contribution is 2.37. The molecule has 1 atom stereocenters. The number of amides is 1. The van der Waals surface area contributed by atoms with Crippen molar-refractivity contribution in [3.05, 3.63) is 31.9 Å². The number of ether oxygens (including phenoxy) is 1. The Kier molecular flexibility index (Phi) is 12.9. The van der Waals surface area contributed by atoms with Gasteiger partial charge >= 0.3 is 5.97 Å². The van der Waals surface area contributed by atoms with Gasteiger partial charge in [0.25, 0.3) is 11.5 Å². The molecule has 224 valence electrons. The van der Waals surface area contributed by atoms with Gasteiger partial charge in [0.15, 0.2) is 0 Å². The Morgan fingerprint density at radius 1 is 1.10 bits per heavy atom. The minimum Gasteiger partial charge on any atom is -0.466 e. The van der Waals surface area contributed by atoms with E-state index in [4.69, 9.17) is 17.0 Å². The lowest BCUT2D eigenvalue weighted by Crippen LogP contribution is -2.43. The minimum absolute atomic E-state index is 0.0811. The van der Waals surface area contributed by atoms with Crippen molar-refractivity contribution in [2.45, 2.75) is 98.4 Å². The lowest BCUT2D eigenvalue weighted by atomic mass is 9.96. The maximum Gasteiger partial charge on any atom is 0.310 e. The topological polar surface area (TPSA) is 95.6 Å². The summed E-state index contributed by atoms with van der Waals surface area (Å²) in [6.07, 6.45) is 11.7. The molecule has 0 spiro atoms. The summed E-state index contributed by atoms with van der Waals surface area (Å²) >= 11 is 6.87. The summed E-state index contributed by atoms with van der Waals surface area (Å²) in [5.41, 5.74) is 0.957. The molecule has 3 heterocycles. The van der Waals surface area contributed by atoms with Crippen LogP contribution in [0.5, 0.6) is 0 Å². The molecule has 0 saturated carbocycles. The van der Waals surface area contributed by atoms with E-state index < -0.39 is 0 Å². The number of nitriles is 1. The molecule has 3 rings (SSSR count). The quantitative estimate of drug-likeness (QED) is 0.108. The van der Waals surface area contributed by atoms with E-state index in [1.165, 1.54) is 31.0 Å². The number of pyridine rings is 1. The molecular weight excluding hydrogens is 556 g/mol. The molecule has 10 heteroatoms. The van der Waals surface area contributed by atoms with Crippen LogP contribution in [-0.2, 0) is 20.9 Å². The zero-order valence-corrected chi connectivity index (χ0v) is 26.6. The standard InChI is InChI=1S/C31H44N4O4S2/c1-5-8-10-11-12-13-18-35-29(37)26(41-31(35)40)19-24-22(4)25(20-32)28(36)34(17-9-6-2)27(24)33-16-14-15-23(21-33)30(38)39-7-3/h19,23H,5-18,21H2,1-4H3. The van der Waals surface area contributed by atoms with Crippen LogP contribution in [0.4, 0.5) is 5.82 Å². The maximum atomic E-state index is 13.6. The van der Waals surface area contributed by atoms with Crippen LogP contribution in [0.3, 0.4) is 0 Å². The molecule has 0 N–H and O–H groups in total. The van der Waals surface area contributed by atoms with Crippen LogP contribution in [0, 0.1) is 24.2 Å². The highest BCUT2D eigenvalue weighted by atomic mass is 32.2. The van der Waals surface area contributed by atoms with E-state index in [-0.39, 0.29) is 28.9 Å². The third-order valence-electron chi connectivity index (χ3n) is 7.81. The van der Waals surface area contributed by atoms with Crippen LogP contribution in [0.1, 0.15) is 102 Å². The molecule has 0 radical (unpaired) electrons. The number of unbranched alkanes of at least 4 members (excludes halogenated alkanes) is 6. The summed E-state index contributed by atoms with van der Waals surface area (Å²) in [5.74, 6) is -0.0122. The largest absolute Gasteiger partial charge is 0.466 e. The van der Waals surface area contributed by atoms with Gasteiger partial charge in [-0.15, -0.1) is 0 Å². The maximum absolute atomic E-state index is 13.6. The van der Waals surface area contributed by atoms with Gasteiger partial charge in [0.2, 0.25) is 0 Å². The molecule has 1 amide bonds. The molecular formula is C31H44N4O4S2. The summed E-state index contributed by atoms with van der Waals surface area (Å²) in [5, 5.41) is 9.96. The number of carbonyl (C=O) groups excluding carboxylic acids is 2. The van der Waals surface area contributed by atoms with Crippen molar-refractivity contribution in [3.63, 3.8) is 0 Å². The lowest BCUT2D eigenvalue weighted by molar-refractivity contribution is -0.148. The number of carbonyl (C=O) groups is 2. The average Bonchev–Trinajstić information content (AvgIpc) is 3.23. The first-order valence-electron chi connectivity index (χ1n) is 15.1. The third kappa shape index (κ3) is 8.01. The molecule has 0 aliphatic carbocycles. The number of hydrogen-bond donors (Lipinski definition) is 0. The first-order valence-corrected chi connectivity index (χ1v) is 16.4. The van der Waals surface area contributed by atoms with E-state index in [0.717, 1.165) is 44.9 Å². The summed E-state index contributed by atoms with van der Waals surface area (Å²) in [4.78, 5) is 44.0. The molecule has 41 heavy (non-hydrogen) atoms. The number of hydrogen-bond acceptors (Lipinski definition) is 8. The van der Waals surface area contributed by atoms with Crippen LogP contribution in [0.25, 0.3) is 6.08 Å². The second-order valence-corrected chi connectivity index (χ2v) is 12.5. The van der Waals surface area contributed by atoms with E-state index in [1.807, 2.05) is 6.08 Å². The van der Waals surface area contributed by atoms with Crippen LogP contribution in [-0.4, -0.2) is 51.9 Å². The van der Waals surface area contributed by atoms with Crippen molar-refractivity contribution in [3.8, 4) is 6.07 Å². The highest BCUT2D eigenvalue weighted by molar-refractivity contribution is 8.26. The number of anilines is 1. The van der Waals surface area contributed by atoms with E-state index in [9.17, 15) is 19.6 Å². The molecule has 2 aliphatic rings. The Morgan fingerprint density at radius 3 is 2.49 bits per heavy atom. The van der Waals surface area contributed by atoms with E-state index in [0.29, 0.717) is 59.0 Å². The highest BCUT2D eigenvalue weighted by Gasteiger charge is 2.34. The number of nitrogens with zero attached hydrogens (tertiary/aromatic N) is 4. The molecule has 2 fully saturated rings. The van der Waals surface area contributed by atoms with Gasteiger partial charge in [-0.05, 0) is 51.2 Å². The van der Waals surface area contributed by atoms with E-state index in [1.54, 1.807) is 23.3 Å². The number of aromatic nitrogens is 1. The normalized spacial score (nSPS) is 18.3. The van der Waals surface area contributed by atoms with Gasteiger partial charge in [-0.1, -0.05) is 76.4 Å². The Morgan fingerprint density at radius 2 is 1.80 bits per heavy atom. The predicted molar refractivity (Wildman–Crippen MR) is 170 cm³/mol. The summed E-state index contributed by atoms with van der Waals surface area (Å²) in [6, 6.07) is 2.11. The molecule has 8 nitrogen and oxygen atoms in total. The van der Waals surface area contributed by atoms with Gasteiger partial charge in [0, 0.05) is 31.7 Å². The van der Waals surface area contributed by atoms with Gasteiger partial charge in [0.05, 0.1) is 17.4 Å². The van der Waals surface area contributed by atoms with Crippen LogP contribution in [0.15, 0.2) is 9.70 Å². The Hall–Kier alpha value is -2.64. The summed E-state index contributed by atoms with van der Waals surface area (Å²) in [6.45, 7) is 10.2. The fraction of sp³-hybridized carbons (Fsp3) is 0.645. The Balaban J connectivity index is 2.02. The molecule has 2 aliphatic heterocycles. The van der Waals surface area contributed by atoms with E-state index >= 15 is 0 Å². The third-order valence-corrected chi connectivity index (χ3v) is 9.18. The van der Waals surface area contributed by atoms with Crippen LogP contribution >= 0.6 is 24.0 Å². The van der Waals surface area contributed by atoms with Crippen molar-refractivity contribution >= 4 is 52.1 Å². The molecule has 1 aromatic rings. The number of rotatable bonds is 14. The van der Waals surface area contributed by atoms with Crippen molar-refractivity contribution < 1.29 is 14.3 Å². The van der Waals surface area contributed by atoms with Gasteiger partial charge < -0.3 is 9.64 Å². The number of thioether (sulfide) groups is 1. The van der Waals surface area contributed by atoms with Gasteiger partial charge in [0.1, 0.15) is 21.8 Å². The van der Waals surface area contributed by atoms with E-state index in [2.05, 4.69) is 24.8 Å². The molecule has 2 saturated heterocycles. The van der Waals surface area contributed by atoms with Gasteiger partial charge in [-0.2, -0.15) is 5.26 Å². The predicted octanol–water partition coefficient (Wildman–Crippen LogP) is 6.17. The van der Waals surface area contributed by atoms with Crippen LogP contribution in [0.2, 0.25) is 0 Å². The van der Waals surface area contributed by atoms with Crippen molar-refractivity contribution in [2.75, 3.05) is 31.1 Å². The summed E-state index contributed by atoms with van der Waals surface area (Å²) < 4.78 is 7.53. The zero-order chi connectivity index (χ0) is 29.9. The number of thiocarbonyl (C=S) groups is 1. The number of esters is 1. The average molecular weight is 601 g/mol. The number of piperidine rings is 1. The monoisotopic (exact) mass is 600 g/mol. The van der Waals surface area contributed by atoms with Gasteiger partial charge in [-0.25, -0.2) is 0 Å². The molecule has 1 unspecified atom stereocenters. The SMILES string of the molecule is CCCCCCCCN1C(=O)C(=Cc2c(C)c(C#N)c(=O)n(CCCC)c2N2CCCC(C(=O)OCC)C2)SC1=S. The fourth-order valence-corrected chi connectivity index (χ4v) is 6.79. The zero-order valence-electron chi connectivity index (χ0n) is 25.0. The second-order valence-electron chi connectivity index (χ2n) is 10.8. The molecule has 0 aromatic carbocycles. The molecule has 1 aromatic heterocycles.